The molecule has 10 heavy (non-hydrogen) atoms. The maximum atomic E-state index is 8.95. The number of aliphatic hydroxyl groups is 1. The van der Waals surface area contributed by atoms with E-state index < -0.39 is 0 Å². The molecule has 0 amide bonds. The maximum Gasteiger partial charge on any atom is 0.0794 e. The monoisotopic (exact) mass is 163 g/mol. The average Bonchev–Trinajstić information content (AvgIpc) is 1.57. The highest BCUT2D eigenvalue weighted by Gasteiger charge is 2.33. The predicted molar refractivity (Wildman–Crippen MR) is 42.5 cm³/mol. The summed E-state index contributed by atoms with van der Waals surface area (Å²) in [5.41, 5.74) is 0. The molecule has 0 aromatic carbocycles. The lowest BCUT2D eigenvalue weighted by Crippen LogP contribution is -2.57. The molecule has 0 unspecified atom stereocenters. The van der Waals surface area contributed by atoms with E-state index in [1.54, 1.807) is 0 Å². The zero-order chi connectivity index (χ0) is 6.27. The molecule has 1 N–H and O–H groups in total. The van der Waals surface area contributed by atoms with Crippen LogP contribution in [0.15, 0.2) is 0 Å². The molecule has 1 aliphatic carbocycles. The largest absolute Gasteiger partial charge is 0.390 e. The zero-order valence-corrected chi connectivity index (χ0v) is 6.81. The Morgan fingerprint density at radius 3 is 2.10 bits per heavy atom. The van der Waals surface area contributed by atoms with Crippen LogP contribution in [-0.2, 0) is 0 Å². The third kappa shape index (κ3) is 1.29. The van der Waals surface area contributed by atoms with Crippen LogP contribution in [0.4, 0.5) is 0 Å². The first-order valence-corrected chi connectivity index (χ1v) is 3.78. The topological polar surface area (TPSA) is 23.5 Å². The quantitative estimate of drug-likeness (QED) is 0.613. The molecule has 2 aliphatic rings. The van der Waals surface area contributed by atoms with Crippen LogP contribution < -0.4 is 0 Å². The van der Waals surface area contributed by atoms with E-state index in [0.29, 0.717) is 0 Å². The molecule has 1 heterocycles. The Kier molecular flexibility index (Phi) is 2.55. The van der Waals surface area contributed by atoms with Crippen LogP contribution in [0.2, 0.25) is 0 Å². The number of hydrogen-bond donors (Lipinski definition) is 1. The van der Waals surface area contributed by atoms with Gasteiger partial charge in [-0.1, -0.05) is 6.42 Å². The summed E-state index contributed by atoms with van der Waals surface area (Å²) in [5.74, 6) is 0. The minimum atomic E-state index is -0.00870. The highest BCUT2D eigenvalue weighted by molar-refractivity contribution is 5.85. The van der Waals surface area contributed by atoms with E-state index in [9.17, 15) is 0 Å². The highest BCUT2D eigenvalue weighted by Crippen LogP contribution is 2.27. The van der Waals surface area contributed by atoms with Gasteiger partial charge in [0.05, 0.1) is 6.10 Å². The molecule has 60 valence electrons. The second-order valence-corrected chi connectivity index (χ2v) is 3.19. The summed E-state index contributed by atoms with van der Waals surface area (Å²) in [5, 5.41) is 8.95. The number of likely N-dealkylation sites (tertiary alicyclic amines) is 1. The number of rotatable bonds is 1. The van der Waals surface area contributed by atoms with Crippen molar-refractivity contribution in [2.75, 3.05) is 13.1 Å². The first-order chi connectivity index (χ1) is 4.36. The van der Waals surface area contributed by atoms with E-state index in [1.165, 1.54) is 19.3 Å². The molecular formula is C7H14ClNO. The lowest BCUT2D eigenvalue weighted by atomic mass is 9.89. The maximum absolute atomic E-state index is 8.95. The average molecular weight is 164 g/mol. The van der Waals surface area contributed by atoms with Crippen molar-refractivity contribution in [2.45, 2.75) is 31.4 Å². The number of β-amino-alcohol motifs (C(OH)–C–C–N with tert-alkyl or cyclic N) is 1. The Balaban J connectivity index is 0.000000500. The molecule has 0 radical (unpaired) electrons. The molecule has 0 atom stereocenters. The van der Waals surface area contributed by atoms with E-state index >= 15 is 0 Å². The van der Waals surface area contributed by atoms with E-state index in [0.717, 1.165) is 19.1 Å². The van der Waals surface area contributed by atoms with Gasteiger partial charge in [0.15, 0.2) is 0 Å². The van der Waals surface area contributed by atoms with E-state index in [-0.39, 0.29) is 18.5 Å². The van der Waals surface area contributed by atoms with E-state index in [4.69, 9.17) is 5.11 Å². The summed E-state index contributed by atoms with van der Waals surface area (Å²) in [6, 6.07) is 0.841. The van der Waals surface area contributed by atoms with Gasteiger partial charge in [-0.25, -0.2) is 0 Å². The van der Waals surface area contributed by atoms with Crippen LogP contribution in [0.1, 0.15) is 19.3 Å². The summed E-state index contributed by atoms with van der Waals surface area (Å²) in [6.45, 7) is 1.87. The van der Waals surface area contributed by atoms with Gasteiger partial charge in [0, 0.05) is 19.1 Å². The number of hydrogen-bond acceptors (Lipinski definition) is 2. The molecule has 0 spiro atoms. The molecule has 1 aliphatic heterocycles. The minimum Gasteiger partial charge on any atom is -0.390 e. The van der Waals surface area contributed by atoms with Crippen molar-refractivity contribution in [3.8, 4) is 0 Å². The normalized spacial score (nSPS) is 28.5. The summed E-state index contributed by atoms with van der Waals surface area (Å²) in [7, 11) is 0. The van der Waals surface area contributed by atoms with Crippen molar-refractivity contribution in [2.24, 2.45) is 0 Å². The number of aliphatic hydroxyl groups excluding tert-OH is 1. The van der Waals surface area contributed by atoms with Crippen molar-refractivity contribution in [3.63, 3.8) is 0 Å². The molecule has 0 aromatic rings. The number of nitrogens with zero attached hydrogens (tertiary/aromatic N) is 1. The van der Waals surface area contributed by atoms with Gasteiger partial charge in [0.25, 0.3) is 0 Å². The molecule has 1 saturated heterocycles. The molecule has 2 rings (SSSR count). The van der Waals surface area contributed by atoms with Crippen LogP contribution in [0.25, 0.3) is 0 Å². The van der Waals surface area contributed by atoms with Crippen LogP contribution in [0.3, 0.4) is 0 Å². The van der Waals surface area contributed by atoms with Crippen molar-refractivity contribution in [1.29, 1.82) is 0 Å². The second-order valence-electron chi connectivity index (χ2n) is 3.19. The standard InChI is InChI=1S/C7H13NO.ClH/c9-7-4-8(5-7)6-2-1-3-6;/h6-7,9H,1-5H2;1H. The third-order valence-corrected chi connectivity index (χ3v) is 2.48. The molecule has 2 nitrogen and oxygen atoms in total. The first kappa shape index (κ1) is 8.31. The van der Waals surface area contributed by atoms with Crippen molar-refractivity contribution in [3.05, 3.63) is 0 Å². The molecule has 2 fully saturated rings. The van der Waals surface area contributed by atoms with Gasteiger partial charge in [0.2, 0.25) is 0 Å². The second kappa shape index (κ2) is 3.07. The van der Waals surface area contributed by atoms with Crippen molar-refractivity contribution in [1.82, 2.24) is 4.90 Å². The lowest BCUT2D eigenvalue weighted by molar-refractivity contribution is -0.0441. The first-order valence-electron chi connectivity index (χ1n) is 3.78. The van der Waals surface area contributed by atoms with Crippen LogP contribution in [0, 0.1) is 0 Å². The highest BCUT2D eigenvalue weighted by atomic mass is 35.5. The fraction of sp³-hybridized carbons (Fsp3) is 1.00. The van der Waals surface area contributed by atoms with Gasteiger partial charge in [-0.2, -0.15) is 0 Å². The SMILES string of the molecule is Cl.OC1CN(C2CCC2)C1. The molecule has 1 saturated carbocycles. The Labute approximate surface area is 67.6 Å². The smallest absolute Gasteiger partial charge is 0.0794 e. The summed E-state index contributed by atoms with van der Waals surface area (Å²) >= 11 is 0. The van der Waals surface area contributed by atoms with Gasteiger partial charge in [-0.3, -0.25) is 4.90 Å². The molecule has 3 heteroatoms. The minimum absolute atomic E-state index is 0. The third-order valence-electron chi connectivity index (χ3n) is 2.48. The van der Waals surface area contributed by atoms with Gasteiger partial charge in [-0.15, -0.1) is 12.4 Å². The van der Waals surface area contributed by atoms with Crippen molar-refractivity contribution < 1.29 is 5.11 Å². The Hall–Kier alpha value is 0.210. The predicted octanol–water partition coefficient (Wildman–Crippen LogP) is 0.637. The van der Waals surface area contributed by atoms with Crippen LogP contribution >= 0.6 is 12.4 Å². The summed E-state index contributed by atoms with van der Waals surface area (Å²) < 4.78 is 0. The van der Waals surface area contributed by atoms with Crippen LogP contribution in [0.5, 0.6) is 0 Å². The van der Waals surface area contributed by atoms with Gasteiger partial charge < -0.3 is 5.11 Å². The summed E-state index contributed by atoms with van der Waals surface area (Å²) in [6.07, 6.45) is 4.13. The Morgan fingerprint density at radius 2 is 1.80 bits per heavy atom. The van der Waals surface area contributed by atoms with E-state index in [2.05, 4.69) is 4.90 Å². The van der Waals surface area contributed by atoms with E-state index in [1.807, 2.05) is 0 Å². The van der Waals surface area contributed by atoms with Crippen LogP contribution in [-0.4, -0.2) is 35.2 Å². The molecule has 0 aromatic heterocycles. The lowest BCUT2D eigenvalue weighted by Gasteiger charge is -2.45. The Bertz CT molecular complexity index is 110. The molecular weight excluding hydrogens is 150 g/mol. The van der Waals surface area contributed by atoms with Crippen molar-refractivity contribution >= 4 is 12.4 Å². The number of halogens is 1. The fourth-order valence-electron chi connectivity index (χ4n) is 1.54. The van der Waals surface area contributed by atoms with Gasteiger partial charge in [0.1, 0.15) is 0 Å². The fourth-order valence-corrected chi connectivity index (χ4v) is 1.54. The van der Waals surface area contributed by atoms with Gasteiger partial charge in [-0.05, 0) is 12.8 Å². The van der Waals surface area contributed by atoms with Gasteiger partial charge >= 0.3 is 0 Å². The Morgan fingerprint density at radius 1 is 1.20 bits per heavy atom. The summed E-state index contributed by atoms with van der Waals surface area (Å²) in [4.78, 5) is 2.38. The zero-order valence-electron chi connectivity index (χ0n) is 5.99. The molecule has 0 bridgehead atoms.